The van der Waals surface area contributed by atoms with Gasteiger partial charge in [-0.15, -0.1) is 0 Å². The van der Waals surface area contributed by atoms with E-state index in [1.54, 1.807) is 7.11 Å². The molecule has 0 radical (unpaired) electrons. The van der Waals surface area contributed by atoms with Crippen molar-refractivity contribution in [2.24, 2.45) is 5.92 Å². The van der Waals surface area contributed by atoms with Gasteiger partial charge >= 0.3 is 0 Å². The zero-order chi connectivity index (χ0) is 14.1. The van der Waals surface area contributed by atoms with Crippen molar-refractivity contribution in [3.8, 4) is 5.75 Å². The van der Waals surface area contributed by atoms with Crippen LogP contribution in [0.15, 0.2) is 18.2 Å². The van der Waals surface area contributed by atoms with Crippen LogP contribution in [0.4, 0.5) is 0 Å². The lowest BCUT2D eigenvalue weighted by atomic mass is 10.1. The minimum Gasteiger partial charge on any atom is -0.496 e. The Bertz CT molecular complexity index is 364. The fourth-order valence-corrected chi connectivity index (χ4v) is 1.92. The molecule has 1 aromatic carbocycles. The molecule has 0 heterocycles. The Morgan fingerprint density at radius 2 is 2.00 bits per heavy atom. The molecule has 19 heavy (non-hydrogen) atoms. The largest absolute Gasteiger partial charge is 0.496 e. The summed E-state index contributed by atoms with van der Waals surface area (Å²) in [6, 6.07) is 6.26. The summed E-state index contributed by atoms with van der Waals surface area (Å²) in [5.41, 5.74) is 2.48. The van der Waals surface area contributed by atoms with Crippen LogP contribution in [0, 0.1) is 12.8 Å². The number of hydrogen-bond acceptors (Lipinski definition) is 3. The molecule has 1 N–H and O–H groups in total. The van der Waals surface area contributed by atoms with E-state index in [0.717, 1.165) is 38.5 Å². The summed E-state index contributed by atoms with van der Waals surface area (Å²) in [6.07, 6.45) is 0.898. The van der Waals surface area contributed by atoms with E-state index in [2.05, 4.69) is 38.2 Å². The van der Waals surface area contributed by atoms with Crippen molar-refractivity contribution in [2.75, 3.05) is 33.4 Å². The number of nitrogens with one attached hydrogen (secondary N) is 1. The van der Waals surface area contributed by atoms with E-state index in [9.17, 15) is 0 Å². The van der Waals surface area contributed by atoms with Gasteiger partial charge in [-0.05, 0) is 37.4 Å². The van der Waals surface area contributed by atoms with E-state index in [1.807, 2.05) is 6.07 Å². The highest BCUT2D eigenvalue weighted by atomic mass is 16.5. The monoisotopic (exact) mass is 265 g/mol. The van der Waals surface area contributed by atoms with E-state index in [0.29, 0.717) is 5.92 Å². The summed E-state index contributed by atoms with van der Waals surface area (Å²) in [4.78, 5) is 0. The van der Waals surface area contributed by atoms with Crippen molar-refractivity contribution in [1.82, 2.24) is 5.32 Å². The number of methoxy groups -OCH3 is 1. The van der Waals surface area contributed by atoms with Crippen molar-refractivity contribution < 1.29 is 9.47 Å². The Morgan fingerprint density at radius 1 is 1.21 bits per heavy atom. The van der Waals surface area contributed by atoms with Crippen molar-refractivity contribution in [3.05, 3.63) is 29.3 Å². The number of aryl methyl sites for hydroxylation is 1. The predicted molar refractivity (Wildman–Crippen MR) is 80.0 cm³/mol. The molecule has 0 aliphatic rings. The van der Waals surface area contributed by atoms with Crippen LogP contribution in [0.2, 0.25) is 0 Å². The minimum absolute atomic E-state index is 0.691. The molecule has 1 aromatic rings. The highest BCUT2D eigenvalue weighted by molar-refractivity contribution is 5.36. The molecule has 0 bridgehead atoms. The van der Waals surface area contributed by atoms with Gasteiger partial charge in [0.2, 0.25) is 0 Å². The van der Waals surface area contributed by atoms with Crippen molar-refractivity contribution >= 4 is 0 Å². The predicted octanol–water partition coefficient (Wildman–Crippen LogP) is 2.81. The standard InChI is InChI=1S/C16H27NO2/c1-13(2)12-17-8-10-19-9-7-15-11-14(3)5-6-16(15)18-4/h5-6,11,13,17H,7-10,12H2,1-4H3. The average Bonchev–Trinajstić information content (AvgIpc) is 2.37. The molecule has 0 saturated heterocycles. The third-order valence-electron chi connectivity index (χ3n) is 2.93. The number of ether oxygens (including phenoxy) is 2. The number of rotatable bonds is 9. The van der Waals surface area contributed by atoms with Crippen LogP contribution < -0.4 is 10.1 Å². The zero-order valence-corrected chi connectivity index (χ0v) is 12.7. The quantitative estimate of drug-likeness (QED) is 0.696. The number of benzene rings is 1. The summed E-state index contributed by atoms with van der Waals surface area (Å²) in [5.74, 6) is 1.64. The maximum Gasteiger partial charge on any atom is 0.122 e. The second-order valence-electron chi connectivity index (χ2n) is 5.28. The van der Waals surface area contributed by atoms with Crippen LogP contribution >= 0.6 is 0 Å². The maximum atomic E-state index is 5.64. The normalized spacial score (nSPS) is 11.0. The molecule has 3 heteroatoms. The molecule has 3 nitrogen and oxygen atoms in total. The maximum absolute atomic E-state index is 5.64. The van der Waals surface area contributed by atoms with Crippen molar-refractivity contribution in [2.45, 2.75) is 27.2 Å². The molecule has 0 unspecified atom stereocenters. The van der Waals surface area contributed by atoms with Gasteiger partial charge in [-0.25, -0.2) is 0 Å². The Morgan fingerprint density at radius 3 is 2.68 bits per heavy atom. The van der Waals surface area contributed by atoms with Gasteiger partial charge in [0.1, 0.15) is 5.75 Å². The Balaban J connectivity index is 2.20. The van der Waals surface area contributed by atoms with Gasteiger partial charge < -0.3 is 14.8 Å². The molecule has 0 aliphatic heterocycles. The molecule has 1 rings (SSSR count). The van der Waals surface area contributed by atoms with E-state index in [-0.39, 0.29) is 0 Å². The van der Waals surface area contributed by atoms with Crippen LogP contribution in [-0.2, 0) is 11.2 Å². The Hall–Kier alpha value is -1.06. The molecule has 108 valence electrons. The third-order valence-corrected chi connectivity index (χ3v) is 2.93. The second kappa shape index (κ2) is 8.94. The van der Waals surface area contributed by atoms with Crippen LogP contribution in [0.1, 0.15) is 25.0 Å². The minimum atomic E-state index is 0.691. The highest BCUT2D eigenvalue weighted by Crippen LogP contribution is 2.19. The van der Waals surface area contributed by atoms with Gasteiger partial charge in [0.25, 0.3) is 0 Å². The first-order chi connectivity index (χ1) is 9.13. The van der Waals surface area contributed by atoms with Gasteiger partial charge in [-0.1, -0.05) is 31.5 Å². The number of hydrogen-bond donors (Lipinski definition) is 1. The SMILES string of the molecule is COc1ccc(C)cc1CCOCCNCC(C)C. The van der Waals surface area contributed by atoms with Crippen molar-refractivity contribution in [3.63, 3.8) is 0 Å². The lowest BCUT2D eigenvalue weighted by Gasteiger charge is -2.10. The van der Waals surface area contributed by atoms with Gasteiger partial charge in [-0.3, -0.25) is 0 Å². The van der Waals surface area contributed by atoms with Crippen LogP contribution in [0.25, 0.3) is 0 Å². The van der Waals surface area contributed by atoms with E-state index in [1.165, 1.54) is 11.1 Å². The van der Waals surface area contributed by atoms with Gasteiger partial charge in [-0.2, -0.15) is 0 Å². The summed E-state index contributed by atoms with van der Waals surface area (Å²) < 4.78 is 11.0. The molecule has 0 aromatic heterocycles. The van der Waals surface area contributed by atoms with Gasteiger partial charge in [0.15, 0.2) is 0 Å². The van der Waals surface area contributed by atoms with Crippen LogP contribution in [0.5, 0.6) is 5.75 Å². The first-order valence-corrected chi connectivity index (χ1v) is 7.05. The topological polar surface area (TPSA) is 30.5 Å². The van der Waals surface area contributed by atoms with Gasteiger partial charge in [0.05, 0.1) is 20.3 Å². The van der Waals surface area contributed by atoms with E-state index in [4.69, 9.17) is 9.47 Å². The average molecular weight is 265 g/mol. The summed E-state index contributed by atoms with van der Waals surface area (Å²) in [5, 5.41) is 3.37. The first-order valence-electron chi connectivity index (χ1n) is 7.05. The molecular weight excluding hydrogens is 238 g/mol. The molecule has 0 saturated carbocycles. The highest BCUT2D eigenvalue weighted by Gasteiger charge is 2.03. The molecule has 0 spiro atoms. The first kappa shape index (κ1) is 16.0. The lowest BCUT2D eigenvalue weighted by Crippen LogP contribution is -2.24. The fourth-order valence-electron chi connectivity index (χ4n) is 1.92. The summed E-state index contributed by atoms with van der Waals surface area (Å²) in [6.45, 7) is 9.98. The summed E-state index contributed by atoms with van der Waals surface area (Å²) >= 11 is 0. The summed E-state index contributed by atoms with van der Waals surface area (Å²) in [7, 11) is 1.71. The molecule has 0 aliphatic carbocycles. The van der Waals surface area contributed by atoms with Crippen LogP contribution in [-0.4, -0.2) is 33.4 Å². The zero-order valence-electron chi connectivity index (χ0n) is 12.7. The van der Waals surface area contributed by atoms with E-state index < -0.39 is 0 Å². The molecule has 0 atom stereocenters. The fraction of sp³-hybridized carbons (Fsp3) is 0.625. The Labute approximate surface area is 117 Å². The molecule has 0 amide bonds. The third kappa shape index (κ3) is 6.60. The molecular formula is C16H27NO2. The smallest absolute Gasteiger partial charge is 0.122 e. The van der Waals surface area contributed by atoms with Gasteiger partial charge in [0, 0.05) is 6.54 Å². The van der Waals surface area contributed by atoms with Crippen molar-refractivity contribution in [1.29, 1.82) is 0 Å². The molecule has 0 fully saturated rings. The van der Waals surface area contributed by atoms with Crippen LogP contribution in [0.3, 0.4) is 0 Å². The second-order valence-corrected chi connectivity index (χ2v) is 5.28. The lowest BCUT2D eigenvalue weighted by molar-refractivity contribution is 0.138. The van der Waals surface area contributed by atoms with E-state index >= 15 is 0 Å². The Kier molecular flexibility index (Phi) is 7.53.